The van der Waals surface area contributed by atoms with Crippen molar-refractivity contribution in [3.05, 3.63) is 11.9 Å². The molecule has 0 aromatic carbocycles. The summed E-state index contributed by atoms with van der Waals surface area (Å²) in [6, 6.07) is 0. The van der Waals surface area contributed by atoms with E-state index >= 15 is 0 Å². The lowest BCUT2D eigenvalue weighted by Gasteiger charge is -1.93. The Bertz CT molecular complexity index is 201. The molecule has 0 bridgehead atoms. The molecule has 0 aliphatic carbocycles. The van der Waals surface area contributed by atoms with Crippen molar-refractivity contribution in [2.75, 3.05) is 0 Å². The van der Waals surface area contributed by atoms with Crippen LogP contribution in [0.4, 0.5) is 0 Å². The van der Waals surface area contributed by atoms with E-state index in [1.807, 2.05) is 6.92 Å². The van der Waals surface area contributed by atoms with E-state index in [0.29, 0.717) is 12.1 Å². The number of rotatable bonds is 1. The molecule has 0 spiro atoms. The number of hydrogen-bond acceptors (Lipinski definition) is 4. The lowest BCUT2D eigenvalue weighted by Crippen LogP contribution is -1.92. The van der Waals surface area contributed by atoms with Crippen molar-refractivity contribution in [2.24, 2.45) is 0 Å². The van der Waals surface area contributed by atoms with E-state index < -0.39 is 0 Å². The summed E-state index contributed by atoms with van der Waals surface area (Å²) >= 11 is 0. The molecule has 0 amide bonds. The van der Waals surface area contributed by atoms with Crippen LogP contribution < -0.4 is 0 Å². The summed E-state index contributed by atoms with van der Waals surface area (Å²) in [6.07, 6.45) is 1.97. The van der Waals surface area contributed by atoms with Crippen LogP contribution in [0.15, 0.2) is 6.20 Å². The Morgan fingerprint density at radius 2 is 2.44 bits per heavy atom. The molecule has 1 heterocycles. The van der Waals surface area contributed by atoms with Crippen LogP contribution in [0.2, 0.25) is 0 Å². The third-order valence-corrected chi connectivity index (χ3v) is 1.03. The summed E-state index contributed by atoms with van der Waals surface area (Å²) < 4.78 is 0. The normalized spacial score (nSPS) is 9.44. The zero-order valence-corrected chi connectivity index (χ0v) is 5.07. The Kier molecular flexibility index (Phi) is 1.58. The highest BCUT2D eigenvalue weighted by Gasteiger charge is 1.97. The molecule has 0 atom stereocenters. The fourth-order valence-corrected chi connectivity index (χ4v) is 0.538. The Balaban J connectivity index is 3.01. The summed E-state index contributed by atoms with van der Waals surface area (Å²) in [5, 5.41) is 19.3. The fourth-order valence-electron chi connectivity index (χ4n) is 0.538. The highest BCUT2D eigenvalue weighted by Crippen LogP contribution is 2.08. The maximum Gasteiger partial charge on any atom is 0.159 e. The van der Waals surface area contributed by atoms with Gasteiger partial charge in [-0.05, 0) is 11.6 Å². The maximum atomic E-state index is 8.95. The minimum Gasteiger partial charge on any atom is -0.504 e. The van der Waals surface area contributed by atoms with E-state index in [0.717, 1.165) is 0 Å². The molecule has 0 fully saturated rings. The van der Waals surface area contributed by atoms with Gasteiger partial charge in [0.05, 0.1) is 6.20 Å². The zero-order valence-electron chi connectivity index (χ0n) is 5.07. The summed E-state index contributed by atoms with van der Waals surface area (Å²) in [6.45, 7) is 1.89. The lowest BCUT2D eigenvalue weighted by molar-refractivity contribution is 0.456. The molecule has 0 unspecified atom stereocenters. The van der Waals surface area contributed by atoms with E-state index in [1.165, 1.54) is 6.20 Å². The first-order valence-corrected chi connectivity index (χ1v) is 2.70. The van der Waals surface area contributed by atoms with Gasteiger partial charge >= 0.3 is 0 Å². The molecule has 4 heteroatoms. The Labute approximate surface area is 52.6 Å². The van der Waals surface area contributed by atoms with E-state index in [9.17, 15) is 0 Å². The quantitative estimate of drug-likeness (QED) is 0.580. The van der Waals surface area contributed by atoms with Crippen molar-refractivity contribution in [2.45, 2.75) is 13.3 Å². The molecule has 1 aromatic heterocycles. The number of nitrogens with zero attached hydrogens (tertiary/aromatic N) is 3. The van der Waals surface area contributed by atoms with Crippen LogP contribution in [-0.4, -0.2) is 20.5 Å². The van der Waals surface area contributed by atoms with Crippen LogP contribution in [0.1, 0.15) is 12.6 Å². The molecule has 0 aliphatic heterocycles. The standard InChI is InChI=1S/C5H7N3O/c1-2-4-5(9)3-6-8-7-4/h3H,2H2,1H3,(H,8,9). The second-order valence-corrected chi connectivity index (χ2v) is 1.62. The van der Waals surface area contributed by atoms with Crippen LogP contribution in [0, 0.1) is 0 Å². The fraction of sp³-hybridized carbons (Fsp3) is 0.400. The minimum absolute atomic E-state index is 0.118. The molecule has 0 saturated carbocycles. The van der Waals surface area contributed by atoms with Gasteiger partial charge in [0.1, 0.15) is 5.69 Å². The van der Waals surface area contributed by atoms with E-state index in [4.69, 9.17) is 5.11 Å². The van der Waals surface area contributed by atoms with Crippen molar-refractivity contribution in [1.29, 1.82) is 0 Å². The lowest BCUT2D eigenvalue weighted by atomic mass is 10.3. The van der Waals surface area contributed by atoms with Gasteiger partial charge in [0.25, 0.3) is 0 Å². The van der Waals surface area contributed by atoms with E-state index in [1.54, 1.807) is 0 Å². The Hall–Kier alpha value is -1.19. The molecule has 48 valence electrons. The summed E-state index contributed by atoms with van der Waals surface area (Å²) in [5.41, 5.74) is 0.588. The summed E-state index contributed by atoms with van der Waals surface area (Å²) in [5.74, 6) is 0.118. The summed E-state index contributed by atoms with van der Waals surface area (Å²) in [7, 11) is 0. The average Bonchev–Trinajstić information content (AvgIpc) is 1.89. The van der Waals surface area contributed by atoms with Gasteiger partial charge in [-0.15, -0.1) is 10.2 Å². The van der Waals surface area contributed by atoms with Gasteiger partial charge in [0, 0.05) is 0 Å². The van der Waals surface area contributed by atoms with Crippen LogP contribution in [0.3, 0.4) is 0 Å². The molecule has 0 saturated heterocycles. The third-order valence-electron chi connectivity index (χ3n) is 1.03. The Morgan fingerprint density at radius 3 is 2.89 bits per heavy atom. The third kappa shape index (κ3) is 1.13. The molecular formula is C5H7N3O. The van der Waals surface area contributed by atoms with Gasteiger partial charge in [0.15, 0.2) is 5.75 Å². The smallest absolute Gasteiger partial charge is 0.159 e. The second kappa shape index (κ2) is 2.39. The Morgan fingerprint density at radius 1 is 1.67 bits per heavy atom. The van der Waals surface area contributed by atoms with Gasteiger partial charge in [0.2, 0.25) is 0 Å². The molecular weight excluding hydrogens is 118 g/mol. The molecule has 1 rings (SSSR count). The van der Waals surface area contributed by atoms with Crippen LogP contribution in [0.25, 0.3) is 0 Å². The second-order valence-electron chi connectivity index (χ2n) is 1.62. The number of aromatic hydroxyl groups is 1. The number of hydrogen-bond donors (Lipinski definition) is 1. The average molecular weight is 125 g/mol. The molecule has 4 nitrogen and oxygen atoms in total. The van der Waals surface area contributed by atoms with Crippen molar-refractivity contribution >= 4 is 0 Å². The predicted octanol–water partition coefficient (Wildman–Crippen LogP) is 0.140. The van der Waals surface area contributed by atoms with Crippen molar-refractivity contribution < 1.29 is 5.11 Å². The van der Waals surface area contributed by atoms with Gasteiger partial charge < -0.3 is 5.11 Å². The zero-order chi connectivity index (χ0) is 6.69. The first-order valence-electron chi connectivity index (χ1n) is 2.70. The highest BCUT2D eigenvalue weighted by atomic mass is 16.3. The van der Waals surface area contributed by atoms with Gasteiger partial charge in [-0.2, -0.15) is 0 Å². The van der Waals surface area contributed by atoms with Crippen molar-refractivity contribution in [3.8, 4) is 5.75 Å². The topological polar surface area (TPSA) is 58.9 Å². The van der Waals surface area contributed by atoms with E-state index in [-0.39, 0.29) is 5.75 Å². The van der Waals surface area contributed by atoms with Gasteiger partial charge in [-0.1, -0.05) is 6.92 Å². The van der Waals surface area contributed by atoms with Crippen LogP contribution in [0.5, 0.6) is 5.75 Å². The van der Waals surface area contributed by atoms with E-state index in [2.05, 4.69) is 15.4 Å². The number of aryl methyl sites for hydroxylation is 1. The molecule has 0 aliphatic rings. The van der Waals surface area contributed by atoms with Gasteiger partial charge in [-0.25, -0.2) is 0 Å². The SMILES string of the molecule is CCc1nnncc1O. The molecule has 1 aromatic rings. The monoisotopic (exact) mass is 125 g/mol. The van der Waals surface area contributed by atoms with Gasteiger partial charge in [-0.3, -0.25) is 0 Å². The predicted molar refractivity (Wildman–Crippen MR) is 30.9 cm³/mol. The maximum absolute atomic E-state index is 8.95. The largest absolute Gasteiger partial charge is 0.504 e. The highest BCUT2D eigenvalue weighted by molar-refractivity contribution is 5.19. The van der Waals surface area contributed by atoms with Crippen molar-refractivity contribution in [3.63, 3.8) is 0 Å². The van der Waals surface area contributed by atoms with Crippen LogP contribution in [-0.2, 0) is 6.42 Å². The first kappa shape index (κ1) is 5.94. The summed E-state index contributed by atoms with van der Waals surface area (Å²) in [4.78, 5) is 0. The number of aromatic nitrogens is 3. The van der Waals surface area contributed by atoms with Crippen molar-refractivity contribution in [1.82, 2.24) is 15.4 Å². The van der Waals surface area contributed by atoms with Crippen LogP contribution >= 0.6 is 0 Å². The minimum atomic E-state index is 0.118. The molecule has 0 radical (unpaired) electrons. The molecule has 9 heavy (non-hydrogen) atoms. The first-order chi connectivity index (χ1) is 4.34. The molecule has 1 N–H and O–H groups in total.